The summed E-state index contributed by atoms with van der Waals surface area (Å²) in [4.78, 5) is 25.4. The predicted molar refractivity (Wildman–Crippen MR) is 86.1 cm³/mol. The van der Waals surface area contributed by atoms with Gasteiger partial charge in [0.1, 0.15) is 6.54 Å². The van der Waals surface area contributed by atoms with Crippen molar-refractivity contribution in [1.29, 1.82) is 0 Å². The van der Waals surface area contributed by atoms with Crippen LogP contribution in [0.25, 0.3) is 5.69 Å². The second-order valence-corrected chi connectivity index (χ2v) is 5.67. The van der Waals surface area contributed by atoms with E-state index in [2.05, 4.69) is 5.10 Å². The van der Waals surface area contributed by atoms with Crippen molar-refractivity contribution in [3.8, 4) is 5.69 Å². The summed E-state index contributed by atoms with van der Waals surface area (Å²) in [6.45, 7) is 0.795. The molecular weight excluding hydrogens is 310 g/mol. The molecule has 0 bridgehead atoms. The number of carbonyl (C=O) groups excluding carboxylic acids is 1. The predicted octanol–water partition coefficient (Wildman–Crippen LogP) is 1.58. The number of nitrogens with zero attached hydrogens (tertiary/aromatic N) is 3. The number of carboxylic acid groups (broad SMARTS) is 1. The number of benzene rings is 1. The zero-order valence-electron chi connectivity index (χ0n) is 13.2. The van der Waals surface area contributed by atoms with Crippen molar-refractivity contribution in [3.63, 3.8) is 0 Å². The van der Waals surface area contributed by atoms with E-state index in [-0.39, 0.29) is 18.5 Å². The number of carbonyl (C=O) groups is 2. The largest absolute Gasteiger partial charge is 0.480 e. The maximum atomic E-state index is 12.8. The molecule has 126 valence electrons. The first-order valence-corrected chi connectivity index (χ1v) is 7.86. The molecule has 1 aromatic carbocycles. The molecule has 1 N–H and O–H groups in total. The van der Waals surface area contributed by atoms with E-state index in [0.717, 1.165) is 5.69 Å². The first kappa shape index (κ1) is 16.2. The lowest BCUT2D eigenvalue weighted by Gasteiger charge is -2.33. The number of hydrogen-bond donors (Lipinski definition) is 1. The monoisotopic (exact) mass is 329 g/mol. The highest BCUT2D eigenvalue weighted by Crippen LogP contribution is 2.18. The Balaban J connectivity index is 1.79. The third-order valence-corrected chi connectivity index (χ3v) is 4.08. The second-order valence-electron chi connectivity index (χ2n) is 5.67. The number of carboxylic acids is 1. The summed E-state index contributed by atoms with van der Waals surface area (Å²) in [5.74, 6) is -1.28. The quantitative estimate of drug-likeness (QED) is 0.900. The van der Waals surface area contributed by atoms with Gasteiger partial charge in [-0.05, 0) is 43.2 Å². The minimum Gasteiger partial charge on any atom is -0.480 e. The maximum Gasteiger partial charge on any atom is 0.323 e. The van der Waals surface area contributed by atoms with E-state index in [0.29, 0.717) is 31.6 Å². The van der Waals surface area contributed by atoms with Gasteiger partial charge in [-0.25, -0.2) is 4.68 Å². The molecule has 2 heterocycles. The molecule has 7 nitrogen and oxygen atoms in total. The first-order valence-electron chi connectivity index (χ1n) is 7.86. The summed E-state index contributed by atoms with van der Waals surface area (Å²) in [6.07, 6.45) is 4.81. The molecule has 7 heteroatoms. The molecule has 0 aliphatic carbocycles. The standard InChI is InChI=1S/C17H19N3O4/c21-16(22)12-19(14-6-10-24-11-7-14)17(23)13-2-4-15(5-3-13)20-9-1-8-18-20/h1-5,8-9,14H,6-7,10-12H2,(H,21,22). The van der Waals surface area contributed by atoms with Gasteiger partial charge in [-0.3, -0.25) is 9.59 Å². The molecule has 0 spiro atoms. The van der Waals surface area contributed by atoms with E-state index >= 15 is 0 Å². The smallest absolute Gasteiger partial charge is 0.323 e. The van der Waals surface area contributed by atoms with Gasteiger partial charge < -0.3 is 14.7 Å². The van der Waals surface area contributed by atoms with Gasteiger partial charge in [-0.15, -0.1) is 0 Å². The van der Waals surface area contributed by atoms with Crippen LogP contribution in [0.3, 0.4) is 0 Å². The van der Waals surface area contributed by atoms with E-state index in [4.69, 9.17) is 9.84 Å². The average molecular weight is 329 g/mol. The van der Waals surface area contributed by atoms with Crippen molar-refractivity contribution in [1.82, 2.24) is 14.7 Å². The van der Waals surface area contributed by atoms with Gasteiger partial charge in [-0.2, -0.15) is 5.10 Å². The number of rotatable bonds is 5. The Labute approximate surface area is 139 Å². The number of amides is 1. The van der Waals surface area contributed by atoms with Crippen LogP contribution in [-0.4, -0.2) is 57.5 Å². The minimum atomic E-state index is -1.01. The van der Waals surface area contributed by atoms with E-state index in [1.807, 2.05) is 12.3 Å². The van der Waals surface area contributed by atoms with Crippen molar-refractivity contribution < 1.29 is 19.4 Å². The van der Waals surface area contributed by atoms with E-state index < -0.39 is 5.97 Å². The third kappa shape index (κ3) is 3.62. The Bertz CT molecular complexity index is 691. The van der Waals surface area contributed by atoms with Crippen molar-refractivity contribution in [2.24, 2.45) is 0 Å². The normalized spacial score (nSPS) is 15.2. The van der Waals surface area contributed by atoms with Crippen LogP contribution in [0.5, 0.6) is 0 Å². The van der Waals surface area contributed by atoms with Gasteiger partial charge in [-0.1, -0.05) is 0 Å². The first-order chi connectivity index (χ1) is 11.6. The van der Waals surface area contributed by atoms with Gasteiger partial charge >= 0.3 is 5.97 Å². The lowest BCUT2D eigenvalue weighted by Crippen LogP contribution is -2.46. The average Bonchev–Trinajstić information content (AvgIpc) is 3.14. The van der Waals surface area contributed by atoms with Crippen molar-refractivity contribution in [2.75, 3.05) is 19.8 Å². The molecule has 2 aromatic rings. The maximum absolute atomic E-state index is 12.8. The van der Waals surface area contributed by atoms with Crippen LogP contribution < -0.4 is 0 Å². The lowest BCUT2D eigenvalue weighted by atomic mass is 10.1. The molecule has 1 aromatic heterocycles. The van der Waals surface area contributed by atoms with Crippen LogP contribution >= 0.6 is 0 Å². The zero-order valence-corrected chi connectivity index (χ0v) is 13.2. The Kier molecular flexibility index (Phi) is 4.90. The number of aliphatic carboxylic acids is 1. The summed E-state index contributed by atoms with van der Waals surface area (Å²) < 4.78 is 7.00. The van der Waals surface area contributed by atoms with Gasteiger partial charge in [0.05, 0.1) is 5.69 Å². The fourth-order valence-electron chi connectivity index (χ4n) is 2.85. The van der Waals surface area contributed by atoms with Crippen LogP contribution in [0.4, 0.5) is 0 Å². The molecule has 1 aliphatic rings. The van der Waals surface area contributed by atoms with Crippen LogP contribution in [0.1, 0.15) is 23.2 Å². The number of hydrogen-bond acceptors (Lipinski definition) is 4. The van der Waals surface area contributed by atoms with Crippen molar-refractivity contribution in [2.45, 2.75) is 18.9 Å². The third-order valence-electron chi connectivity index (χ3n) is 4.08. The summed E-state index contributed by atoms with van der Waals surface area (Å²) >= 11 is 0. The number of ether oxygens (including phenoxy) is 1. The van der Waals surface area contributed by atoms with Crippen LogP contribution in [0.2, 0.25) is 0 Å². The van der Waals surface area contributed by atoms with E-state index in [1.165, 1.54) is 4.90 Å². The molecule has 0 saturated carbocycles. The molecule has 1 fully saturated rings. The highest BCUT2D eigenvalue weighted by atomic mass is 16.5. The molecule has 1 amide bonds. The van der Waals surface area contributed by atoms with E-state index in [9.17, 15) is 9.59 Å². The Morgan fingerprint density at radius 3 is 2.54 bits per heavy atom. The molecule has 1 aliphatic heterocycles. The SMILES string of the molecule is O=C(O)CN(C(=O)c1ccc(-n2cccn2)cc1)C1CCOCC1. The Morgan fingerprint density at radius 2 is 1.96 bits per heavy atom. The zero-order chi connectivity index (χ0) is 16.9. The topological polar surface area (TPSA) is 84.7 Å². The molecule has 24 heavy (non-hydrogen) atoms. The molecule has 0 unspecified atom stereocenters. The fourth-order valence-corrected chi connectivity index (χ4v) is 2.85. The van der Waals surface area contributed by atoms with Gasteiger partial charge in [0.2, 0.25) is 0 Å². The lowest BCUT2D eigenvalue weighted by molar-refractivity contribution is -0.138. The second kappa shape index (κ2) is 7.27. The number of aromatic nitrogens is 2. The molecule has 0 atom stereocenters. The summed E-state index contributed by atoms with van der Waals surface area (Å²) in [6, 6.07) is 8.71. The van der Waals surface area contributed by atoms with Crippen LogP contribution in [0, 0.1) is 0 Å². The fraction of sp³-hybridized carbons (Fsp3) is 0.353. The molecular formula is C17H19N3O4. The highest BCUT2D eigenvalue weighted by molar-refractivity contribution is 5.96. The summed E-state index contributed by atoms with van der Waals surface area (Å²) in [5, 5.41) is 13.3. The van der Waals surface area contributed by atoms with Crippen LogP contribution in [-0.2, 0) is 9.53 Å². The summed E-state index contributed by atoms with van der Waals surface area (Å²) in [5.41, 5.74) is 1.31. The van der Waals surface area contributed by atoms with Crippen molar-refractivity contribution >= 4 is 11.9 Å². The Hall–Kier alpha value is -2.67. The van der Waals surface area contributed by atoms with E-state index in [1.54, 1.807) is 35.1 Å². The molecule has 3 rings (SSSR count). The highest BCUT2D eigenvalue weighted by Gasteiger charge is 2.28. The van der Waals surface area contributed by atoms with Gasteiger partial charge in [0, 0.05) is 37.2 Å². The minimum absolute atomic E-state index is 0.104. The van der Waals surface area contributed by atoms with Crippen LogP contribution in [0.15, 0.2) is 42.7 Å². The molecule has 0 radical (unpaired) electrons. The van der Waals surface area contributed by atoms with Crippen molar-refractivity contribution in [3.05, 3.63) is 48.3 Å². The molecule has 1 saturated heterocycles. The summed E-state index contributed by atoms with van der Waals surface area (Å²) in [7, 11) is 0. The van der Waals surface area contributed by atoms with Gasteiger partial charge in [0.15, 0.2) is 0 Å². The Morgan fingerprint density at radius 1 is 1.25 bits per heavy atom. The van der Waals surface area contributed by atoms with Gasteiger partial charge in [0.25, 0.3) is 5.91 Å².